The number of piperidine rings is 1. The van der Waals surface area contributed by atoms with Crippen LogP contribution in [0.1, 0.15) is 36.0 Å². The molecule has 0 aliphatic carbocycles. The molecule has 1 aliphatic heterocycles. The van der Waals surface area contributed by atoms with E-state index in [4.69, 9.17) is 0 Å². The number of carbonyl (C=O) groups excluding carboxylic acids is 1. The number of Topliss-reactive ketones (excluding diaryl/α,β-unsaturated/α-hetero) is 1. The maximum absolute atomic E-state index is 12.0. The molecule has 0 atom stereocenters. The molecular weight excluding hydrogens is 260 g/mol. The van der Waals surface area contributed by atoms with E-state index in [1.807, 2.05) is 30.3 Å². The molecule has 2 rings (SSSR count). The Kier molecular flexibility index (Phi) is 6.40. The van der Waals surface area contributed by atoms with Crippen molar-refractivity contribution in [1.82, 2.24) is 9.80 Å². The van der Waals surface area contributed by atoms with Gasteiger partial charge in [-0.15, -0.1) is 0 Å². The van der Waals surface area contributed by atoms with Crippen LogP contribution in [0.3, 0.4) is 0 Å². The molecule has 1 fully saturated rings. The van der Waals surface area contributed by atoms with Crippen LogP contribution in [0.4, 0.5) is 0 Å². The Bertz CT molecular complexity index is 424. The Morgan fingerprint density at radius 3 is 2.57 bits per heavy atom. The maximum Gasteiger partial charge on any atom is 0.162 e. The number of nitrogens with zero attached hydrogens (tertiary/aromatic N) is 2. The topological polar surface area (TPSA) is 23.6 Å². The maximum atomic E-state index is 12.0. The molecule has 21 heavy (non-hydrogen) atoms. The van der Waals surface area contributed by atoms with Crippen molar-refractivity contribution in [1.29, 1.82) is 0 Å². The molecule has 116 valence electrons. The smallest absolute Gasteiger partial charge is 0.162 e. The van der Waals surface area contributed by atoms with Gasteiger partial charge in [0.2, 0.25) is 0 Å². The van der Waals surface area contributed by atoms with Gasteiger partial charge in [0, 0.05) is 18.5 Å². The van der Waals surface area contributed by atoms with E-state index in [9.17, 15) is 4.79 Å². The van der Waals surface area contributed by atoms with Crippen LogP contribution in [0.25, 0.3) is 0 Å². The number of carbonyl (C=O) groups is 1. The minimum atomic E-state index is 0.267. The van der Waals surface area contributed by atoms with Crippen LogP contribution in [-0.2, 0) is 0 Å². The van der Waals surface area contributed by atoms with E-state index >= 15 is 0 Å². The third kappa shape index (κ3) is 5.60. The summed E-state index contributed by atoms with van der Waals surface area (Å²) in [5, 5.41) is 0. The second kappa shape index (κ2) is 8.30. The highest BCUT2D eigenvalue weighted by molar-refractivity contribution is 5.95. The molecule has 0 aromatic heterocycles. The molecule has 1 heterocycles. The highest BCUT2D eigenvalue weighted by Gasteiger charge is 2.18. The molecule has 3 heteroatoms. The highest BCUT2D eigenvalue weighted by atomic mass is 16.1. The predicted molar refractivity (Wildman–Crippen MR) is 87.7 cm³/mol. The summed E-state index contributed by atoms with van der Waals surface area (Å²) < 4.78 is 0. The molecule has 1 aromatic carbocycles. The number of rotatable bonds is 7. The zero-order valence-electron chi connectivity index (χ0n) is 13.4. The van der Waals surface area contributed by atoms with Crippen molar-refractivity contribution in [3.8, 4) is 0 Å². The van der Waals surface area contributed by atoms with Crippen LogP contribution in [0.5, 0.6) is 0 Å². The zero-order valence-corrected chi connectivity index (χ0v) is 13.4. The van der Waals surface area contributed by atoms with E-state index in [0.717, 1.165) is 24.4 Å². The van der Waals surface area contributed by atoms with Crippen LogP contribution >= 0.6 is 0 Å². The SMILES string of the molecule is CN1CCC(CN(C)CCCC(=O)c2ccccc2)CC1. The molecule has 0 unspecified atom stereocenters. The first-order chi connectivity index (χ1) is 10.1. The van der Waals surface area contributed by atoms with Crippen molar-refractivity contribution in [2.24, 2.45) is 5.92 Å². The Hall–Kier alpha value is -1.19. The summed E-state index contributed by atoms with van der Waals surface area (Å²) in [5.74, 6) is 1.10. The zero-order chi connectivity index (χ0) is 15.1. The summed E-state index contributed by atoms with van der Waals surface area (Å²) in [7, 11) is 4.39. The fraction of sp³-hybridized carbons (Fsp3) is 0.611. The lowest BCUT2D eigenvalue weighted by molar-refractivity contribution is 0.0974. The van der Waals surface area contributed by atoms with Crippen molar-refractivity contribution in [2.45, 2.75) is 25.7 Å². The summed E-state index contributed by atoms with van der Waals surface area (Å²) in [6.45, 7) is 4.65. The Labute approximate surface area is 128 Å². The van der Waals surface area contributed by atoms with Crippen LogP contribution in [0, 0.1) is 5.92 Å². The van der Waals surface area contributed by atoms with Gasteiger partial charge in [-0.05, 0) is 58.9 Å². The van der Waals surface area contributed by atoms with Crippen molar-refractivity contribution >= 4 is 5.78 Å². The van der Waals surface area contributed by atoms with Crippen LogP contribution in [0.2, 0.25) is 0 Å². The molecular formula is C18H28N2O. The normalized spacial score (nSPS) is 17.3. The average molecular weight is 288 g/mol. The van der Waals surface area contributed by atoms with E-state index in [2.05, 4.69) is 23.9 Å². The average Bonchev–Trinajstić information content (AvgIpc) is 2.50. The molecule has 0 amide bonds. The van der Waals surface area contributed by atoms with E-state index < -0.39 is 0 Å². The first-order valence-corrected chi connectivity index (χ1v) is 8.10. The van der Waals surface area contributed by atoms with Crippen molar-refractivity contribution in [3.05, 3.63) is 35.9 Å². The molecule has 0 spiro atoms. The van der Waals surface area contributed by atoms with Crippen LogP contribution in [0.15, 0.2) is 30.3 Å². The highest BCUT2D eigenvalue weighted by Crippen LogP contribution is 2.17. The second-order valence-electron chi connectivity index (χ2n) is 6.40. The van der Waals surface area contributed by atoms with Gasteiger partial charge in [0.1, 0.15) is 0 Å². The quantitative estimate of drug-likeness (QED) is 0.721. The van der Waals surface area contributed by atoms with Crippen LogP contribution < -0.4 is 0 Å². The summed E-state index contributed by atoms with van der Waals surface area (Å²) in [4.78, 5) is 16.8. The largest absolute Gasteiger partial charge is 0.306 e. The van der Waals surface area contributed by atoms with Gasteiger partial charge in [-0.1, -0.05) is 30.3 Å². The van der Waals surface area contributed by atoms with Gasteiger partial charge in [0.25, 0.3) is 0 Å². The molecule has 1 aromatic rings. The third-order valence-corrected chi connectivity index (χ3v) is 4.45. The Morgan fingerprint density at radius 2 is 1.90 bits per heavy atom. The molecule has 0 bridgehead atoms. The van der Waals surface area contributed by atoms with Gasteiger partial charge in [-0.25, -0.2) is 0 Å². The molecule has 1 aliphatic rings. The summed E-state index contributed by atoms with van der Waals surface area (Å²) in [5.41, 5.74) is 0.843. The number of hydrogen-bond acceptors (Lipinski definition) is 3. The fourth-order valence-corrected chi connectivity index (χ4v) is 3.05. The number of hydrogen-bond donors (Lipinski definition) is 0. The van der Waals surface area contributed by atoms with E-state index in [1.165, 1.54) is 32.5 Å². The van der Waals surface area contributed by atoms with E-state index in [0.29, 0.717) is 6.42 Å². The fourth-order valence-electron chi connectivity index (χ4n) is 3.05. The predicted octanol–water partition coefficient (Wildman–Crippen LogP) is 2.92. The lowest BCUT2D eigenvalue weighted by atomic mass is 9.96. The van der Waals surface area contributed by atoms with Crippen molar-refractivity contribution in [2.75, 3.05) is 40.3 Å². The third-order valence-electron chi connectivity index (χ3n) is 4.45. The van der Waals surface area contributed by atoms with Gasteiger partial charge in [0.05, 0.1) is 0 Å². The van der Waals surface area contributed by atoms with Crippen molar-refractivity contribution in [3.63, 3.8) is 0 Å². The molecule has 0 saturated carbocycles. The number of ketones is 1. The van der Waals surface area contributed by atoms with Gasteiger partial charge in [-0.3, -0.25) is 4.79 Å². The van der Waals surface area contributed by atoms with Crippen LogP contribution in [-0.4, -0.2) is 55.9 Å². The first-order valence-electron chi connectivity index (χ1n) is 8.10. The summed E-state index contributed by atoms with van der Waals surface area (Å²) in [6.07, 6.45) is 4.23. The molecule has 0 N–H and O–H groups in total. The van der Waals surface area contributed by atoms with Gasteiger partial charge in [-0.2, -0.15) is 0 Å². The van der Waals surface area contributed by atoms with Gasteiger partial charge in [0.15, 0.2) is 5.78 Å². The van der Waals surface area contributed by atoms with E-state index in [-0.39, 0.29) is 5.78 Å². The Balaban J connectivity index is 1.63. The standard InChI is InChI=1S/C18H28N2O/c1-19-13-10-16(11-14-19)15-20(2)12-6-9-18(21)17-7-4-3-5-8-17/h3-5,7-8,16H,6,9-15H2,1-2H3. The van der Waals surface area contributed by atoms with Gasteiger partial charge < -0.3 is 9.80 Å². The summed E-state index contributed by atoms with van der Waals surface area (Å²) in [6, 6.07) is 9.63. The van der Waals surface area contributed by atoms with Gasteiger partial charge >= 0.3 is 0 Å². The van der Waals surface area contributed by atoms with Crippen molar-refractivity contribution < 1.29 is 4.79 Å². The minimum absolute atomic E-state index is 0.267. The minimum Gasteiger partial charge on any atom is -0.306 e. The number of likely N-dealkylation sites (tertiary alicyclic amines) is 1. The summed E-state index contributed by atoms with van der Waals surface area (Å²) >= 11 is 0. The monoisotopic (exact) mass is 288 g/mol. The molecule has 0 radical (unpaired) electrons. The second-order valence-corrected chi connectivity index (χ2v) is 6.40. The number of benzene rings is 1. The molecule has 1 saturated heterocycles. The van der Waals surface area contributed by atoms with E-state index in [1.54, 1.807) is 0 Å². The lowest BCUT2D eigenvalue weighted by Gasteiger charge is -2.31. The lowest BCUT2D eigenvalue weighted by Crippen LogP contribution is -2.36. The first kappa shape index (κ1) is 16.2. The molecule has 3 nitrogen and oxygen atoms in total. The Morgan fingerprint density at radius 1 is 1.24 bits per heavy atom.